The summed E-state index contributed by atoms with van der Waals surface area (Å²) in [7, 11) is 0. The lowest BCUT2D eigenvalue weighted by atomic mass is 10.1. The van der Waals surface area contributed by atoms with Crippen LogP contribution in [0.4, 0.5) is 17.2 Å². The standard InChI is InChI=1S/C24H20N6O/c1-15-7-9-16(10-8-15)20-21(30-31)24(27-19-13-11-17(12-14-19)22(25)26)29-23(28-20)18-5-3-2-4-6-18/h2-14H,1H3,(H3,25,26)(H,27,28,29). The Kier molecular flexibility index (Phi) is 5.49. The second-order valence-corrected chi connectivity index (χ2v) is 7.03. The van der Waals surface area contributed by atoms with E-state index in [9.17, 15) is 4.91 Å². The van der Waals surface area contributed by atoms with Gasteiger partial charge in [0.25, 0.3) is 0 Å². The van der Waals surface area contributed by atoms with Gasteiger partial charge in [0.1, 0.15) is 11.5 Å². The van der Waals surface area contributed by atoms with E-state index in [-0.39, 0.29) is 11.5 Å². The van der Waals surface area contributed by atoms with Gasteiger partial charge in [0.2, 0.25) is 0 Å². The van der Waals surface area contributed by atoms with Gasteiger partial charge in [-0.15, -0.1) is 4.91 Å². The van der Waals surface area contributed by atoms with Gasteiger partial charge >= 0.3 is 0 Å². The van der Waals surface area contributed by atoms with Gasteiger partial charge in [-0.3, -0.25) is 5.41 Å². The van der Waals surface area contributed by atoms with Crippen molar-refractivity contribution in [3.8, 4) is 22.6 Å². The van der Waals surface area contributed by atoms with E-state index < -0.39 is 0 Å². The van der Waals surface area contributed by atoms with Gasteiger partial charge in [-0.1, -0.05) is 60.2 Å². The van der Waals surface area contributed by atoms with Crippen molar-refractivity contribution in [3.63, 3.8) is 0 Å². The maximum absolute atomic E-state index is 11.9. The average molecular weight is 408 g/mol. The molecule has 31 heavy (non-hydrogen) atoms. The minimum absolute atomic E-state index is 0.0168. The van der Waals surface area contributed by atoms with E-state index >= 15 is 0 Å². The molecule has 4 aromatic rings. The van der Waals surface area contributed by atoms with E-state index in [2.05, 4.69) is 20.5 Å². The lowest BCUT2D eigenvalue weighted by Crippen LogP contribution is -2.10. The van der Waals surface area contributed by atoms with Crippen LogP contribution >= 0.6 is 0 Å². The quantitative estimate of drug-likeness (QED) is 0.220. The van der Waals surface area contributed by atoms with Crippen molar-refractivity contribution in [2.45, 2.75) is 6.92 Å². The Morgan fingerprint density at radius 3 is 2.19 bits per heavy atom. The molecule has 0 aliphatic rings. The summed E-state index contributed by atoms with van der Waals surface area (Å²) in [6.07, 6.45) is 0. The number of nitrogens with zero attached hydrogens (tertiary/aromatic N) is 3. The molecular formula is C24H20N6O. The van der Waals surface area contributed by atoms with Crippen LogP contribution in [0.1, 0.15) is 11.1 Å². The minimum atomic E-state index is -0.0168. The average Bonchev–Trinajstić information content (AvgIpc) is 2.80. The van der Waals surface area contributed by atoms with E-state index in [0.717, 1.165) is 16.7 Å². The van der Waals surface area contributed by atoms with Crippen molar-refractivity contribution in [2.75, 3.05) is 5.32 Å². The molecule has 7 heteroatoms. The minimum Gasteiger partial charge on any atom is -0.384 e. The maximum atomic E-state index is 11.9. The lowest BCUT2D eigenvalue weighted by Gasteiger charge is -2.13. The molecule has 7 nitrogen and oxygen atoms in total. The van der Waals surface area contributed by atoms with Crippen LogP contribution in [0.5, 0.6) is 0 Å². The third-order valence-corrected chi connectivity index (χ3v) is 4.79. The first kappa shape index (κ1) is 19.9. The first-order chi connectivity index (χ1) is 15.0. The molecular weight excluding hydrogens is 388 g/mol. The van der Waals surface area contributed by atoms with E-state index in [4.69, 9.17) is 11.1 Å². The van der Waals surface area contributed by atoms with E-state index in [1.807, 2.05) is 61.5 Å². The Morgan fingerprint density at radius 2 is 1.58 bits per heavy atom. The molecule has 1 aromatic heterocycles. The molecule has 0 saturated heterocycles. The molecule has 1 heterocycles. The summed E-state index contributed by atoms with van der Waals surface area (Å²) in [4.78, 5) is 21.1. The molecule has 3 aromatic carbocycles. The predicted octanol–water partition coefficient (Wildman–Crippen LogP) is 5.54. The number of rotatable bonds is 6. The zero-order valence-corrected chi connectivity index (χ0v) is 16.8. The second kappa shape index (κ2) is 8.54. The number of aryl methyl sites for hydroxylation is 1. The third kappa shape index (κ3) is 4.30. The van der Waals surface area contributed by atoms with Crippen molar-refractivity contribution in [1.29, 1.82) is 5.41 Å². The van der Waals surface area contributed by atoms with Crippen molar-refractivity contribution >= 4 is 23.0 Å². The van der Waals surface area contributed by atoms with Gasteiger partial charge in [-0.25, -0.2) is 9.97 Å². The molecule has 0 amide bonds. The number of anilines is 2. The first-order valence-corrected chi connectivity index (χ1v) is 9.64. The van der Waals surface area contributed by atoms with E-state index in [0.29, 0.717) is 28.6 Å². The van der Waals surface area contributed by atoms with Crippen molar-refractivity contribution < 1.29 is 0 Å². The first-order valence-electron chi connectivity index (χ1n) is 9.64. The largest absolute Gasteiger partial charge is 0.384 e. The summed E-state index contributed by atoms with van der Waals surface area (Å²) in [5.41, 5.74) is 10.1. The van der Waals surface area contributed by atoms with Crippen LogP contribution in [0.25, 0.3) is 22.6 Å². The van der Waals surface area contributed by atoms with Gasteiger partial charge in [0, 0.05) is 22.4 Å². The van der Waals surface area contributed by atoms with Gasteiger partial charge in [0.05, 0.1) is 0 Å². The molecule has 0 bridgehead atoms. The van der Waals surface area contributed by atoms with Crippen LogP contribution in [-0.4, -0.2) is 15.8 Å². The Morgan fingerprint density at radius 1 is 0.903 bits per heavy atom. The van der Waals surface area contributed by atoms with Gasteiger partial charge in [-0.05, 0) is 36.4 Å². The number of nitrogen functional groups attached to an aromatic ring is 1. The maximum Gasteiger partial charge on any atom is 0.176 e. The van der Waals surface area contributed by atoms with Gasteiger partial charge < -0.3 is 11.1 Å². The summed E-state index contributed by atoms with van der Waals surface area (Å²) in [6, 6.07) is 24.3. The van der Waals surface area contributed by atoms with Crippen LogP contribution in [0, 0.1) is 17.2 Å². The molecule has 0 atom stereocenters. The molecule has 0 spiro atoms. The Balaban J connectivity index is 1.86. The highest BCUT2D eigenvalue weighted by molar-refractivity contribution is 5.95. The highest BCUT2D eigenvalue weighted by atomic mass is 16.3. The molecule has 0 aliphatic carbocycles. The van der Waals surface area contributed by atoms with Crippen LogP contribution in [0.2, 0.25) is 0 Å². The SMILES string of the molecule is Cc1ccc(-c2nc(-c3ccccc3)nc(Nc3ccc(C(=N)N)cc3)c2N=O)cc1. The Bertz CT molecular complexity index is 1240. The van der Waals surface area contributed by atoms with Crippen molar-refractivity contribution in [3.05, 3.63) is 94.9 Å². The number of hydrogen-bond donors (Lipinski definition) is 3. The molecule has 4 rings (SSSR count). The zero-order valence-electron chi connectivity index (χ0n) is 16.8. The summed E-state index contributed by atoms with van der Waals surface area (Å²) < 4.78 is 0. The Labute approximate surface area is 179 Å². The number of benzene rings is 3. The number of aromatic nitrogens is 2. The summed E-state index contributed by atoms with van der Waals surface area (Å²) in [6.45, 7) is 2.00. The third-order valence-electron chi connectivity index (χ3n) is 4.79. The summed E-state index contributed by atoms with van der Waals surface area (Å²) in [5, 5.41) is 14.0. The highest BCUT2D eigenvalue weighted by Gasteiger charge is 2.18. The number of nitrogens with one attached hydrogen (secondary N) is 2. The van der Waals surface area contributed by atoms with Crippen molar-refractivity contribution in [1.82, 2.24) is 9.97 Å². The normalized spacial score (nSPS) is 10.5. The monoisotopic (exact) mass is 408 g/mol. The number of nitroso groups, excluding NO2 is 1. The topological polar surface area (TPSA) is 117 Å². The molecule has 152 valence electrons. The fourth-order valence-electron chi connectivity index (χ4n) is 3.13. The molecule has 4 N–H and O–H groups in total. The molecule has 0 fully saturated rings. The zero-order chi connectivity index (χ0) is 21.8. The number of hydrogen-bond acceptors (Lipinski definition) is 6. The van der Waals surface area contributed by atoms with Crippen molar-refractivity contribution in [2.24, 2.45) is 10.9 Å². The summed E-state index contributed by atoms with van der Waals surface area (Å²) in [5.74, 6) is 0.762. The van der Waals surface area contributed by atoms with Gasteiger partial charge in [0.15, 0.2) is 17.3 Å². The number of nitrogens with two attached hydrogens (primary N) is 1. The predicted molar refractivity (Wildman–Crippen MR) is 124 cm³/mol. The fraction of sp³-hybridized carbons (Fsp3) is 0.0417. The van der Waals surface area contributed by atoms with Crippen LogP contribution in [-0.2, 0) is 0 Å². The van der Waals surface area contributed by atoms with Gasteiger partial charge in [-0.2, -0.15) is 0 Å². The van der Waals surface area contributed by atoms with Crippen LogP contribution < -0.4 is 11.1 Å². The van der Waals surface area contributed by atoms with Crippen LogP contribution in [0.3, 0.4) is 0 Å². The second-order valence-electron chi connectivity index (χ2n) is 7.03. The fourth-order valence-corrected chi connectivity index (χ4v) is 3.13. The lowest BCUT2D eigenvalue weighted by molar-refractivity contribution is 1.17. The Hall–Kier alpha value is -4.39. The molecule has 0 saturated carbocycles. The molecule has 0 unspecified atom stereocenters. The highest BCUT2D eigenvalue weighted by Crippen LogP contribution is 2.37. The van der Waals surface area contributed by atoms with E-state index in [1.165, 1.54) is 0 Å². The smallest absolute Gasteiger partial charge is 0.176 e. The number of amidine groups is 1. The molecule has 0 radical (unpaired) electrons. The van der Waals surface area contributed by atoms with E-state index in [1.54, 1.807) is 24.3 Å². The summed E-state index contributed by atoms with van der Waals surface area (Å²) >= 11 is 0. The molecule has 0 aliphatic heterocycles. The van der Waals surface area contributed by atoms with Crippen LogP contribution in [0.15, 0.2) is 84.0 Å².